The molecule has 25 heavy (non-hydrogen) atoms. The number of sulfone groups is 1. The van der Waals surface area contributed by atoms with Gasteiger partial charge in [0.15, 0.2) is 9.84 Å². The standard InChI is InChI=1S/C19H25NO4S/c1-24-18-9-7-16(8-10-18)20(17-11-12-25(22,23)14-17)19(21)13-15-5-3-2-4-6-15/h7-12,15,17H,2-6,13-14H2,1H3/t17-/m0/s1. The van der Waals surface area contributed by atoms with Crippen molar-refractivity contribution in [3.63, 3.8) is 0 Å². The number of carbonyl (C=O) groups is 1. The summed E-state index contributed by atoms with van der Waals surface area (Å²) in [5.74, 6) is 1.07. The largest absolute Gasteiger partial charge is 0.497 e. The lowest BCUT2D eigenvalue weighted by molar-refractivity contribution is -0.120. The quantitative estimate of drug-likeness (QED) is 0.805. The lowest BCUT2D eigenvalue weighted by atomic mass is 9.86. The van der Waals surface area contributed by atoms with E-state index >= 15 is 0 Å². The third kappa shape index (κ3) is 4.42. The highest BCUT2D eigenvalue weighted by atomic mass is 32.2. The van der Waals surface area contributed by atoms with Crippen molar-refractivity contribution >= 4 is 21.4 Å². The molecule has 1 fully saturated rings. The van der Waals surface area contributed by atoms with Gasteiger partial charge in [0.2, 0.25) is 5.91 Å². The Bertz CT molecular complexity index is 733. The molecule has 1 aromatic carbocycles. The van der Waals surface area contributed by atoms with Crippen LogP contribution in [-0.2, 0) is 14.6 Å². The molecule has 5 nitrogen and oxygen atoms in total. The number of amides is 1. The van der Waals surface area contributed by atoms with Gasteiger partial charge in [0.1, 0.15) is 5.75 Å². The lowest BCUT2D eigenvalue weighted by Gasteiger charge is -2.30. The highest BCUT2D eigenvalue weighted by molar-refractivity contribution is 7.94. The minimum Gasteiger partial charge on any atom is -0.497 e. The van der Waals surface area contributed by atoms with Crippen molar-refractivity contribution in [2.45, 2.75) is 44.6 Å². The summed E-state index contributed by atoms with van der Waals surface area (Å²) < 4.78 is 28.9. The molecule has 0 saturated heterocycles. The number of methoxy groups -OCH3 is 1. The van der Waals surface area contributed by atoms with Crippen LogP contribution in [0.5, 0.6) is 5.75 Å². The summed E-state index contributed by atoms with van der Waals surface area (Å²) in [4.78, 5) is 14.7. The molecule has 0 N–H and O–H groups in total. The topological polar surface area (TPSA) is 63.7 Å². The summed E-state index contributed by atoms with van der Waals surface area (Å²) in [6.07, 6.45) is 7.88. The molecule has 6 heteroatoms. The molecule has 0 bridgehead atoms. The smallest absolute Gasteiger partial charge is 0.227 e. The average molecular weight is 363 g/mol. The van der Waals surface area contributed by atoms with Crippen LogP contribution in [0.1, 0.15) is 38.5 Å². The Balaban J connectivity index is 1.82. The van der Waals surface area contributed by atoms with Crippen LogP contribution in [0.4, 0.5) is 5.69 Å². The van der Waals surface area contributed by atoms with Gasteiger partial charge in [-0.05, 0) is 49.1 Å². The van der Waals surface area contributed by atoms with E-state index in [-0.39, 0.29) is 11.7 Å². The first-order chi connectivity index (χ1) is 12.0. The van der Waals surface area contributed by atoms with Gasteiger partial charge in [-0.1, -0.05) is 19.3 Å². The molecule has 0 radical (unpaired) electrons. The highest BCUT2D eigenvalue weighted by Gasteiger charge is 2.32. The maximum atomic E-state index is 13.0. The second-order valence-electron chi connectivity index (χ2n) is 6.90. The van der Waals surface area contributed by atoms with Gasteiger partial charge in [0.25, 0.3) is 0 Å². The molecule has 1 atom stereocenters. The third-order valence-corrected chi connectivity index (χ3v) is 6.43. The number of anilines is 1. The normalized spacial score (nSPS) is 22.7. The van der Waals surface area contributed by atoms with Crippen molar-refractivity contribution in [1.82, 2.24) is 0 Å². The Morgan fingerprint density at radius 3 is 2.40 bits per heavy atom. The van der Waals surface area contributed by atoms with Crippen molar-refractivity contribution < 1.29 is 17.9 Å². The van der Waals surface area contributed by atoms with E-state index in [1.807, 2.05) is 12.1 Å². The first kappa shape index (κ1) is 18.0. The minimum atomic E-state index is -3.23. The molecule has 3 rings (SSSR count). The number of ether oxygens (including phenoxy) is 1. The molecule has 0 spiro atoms. The molecule has 136 valence electrons. The van der Waals surface area contributed by atoms with E-state index in [0.29, 0.717) is 23.8 Å². The molecule has 0 unspecified atom stereocenters. The van der Waals surface area contributed by atoms with Gasteiger partial charge in [0, 0.05) is 17.5 Å². The second kappa shape index (κ2) is 7.60. The first-order valence-electron chi connectivity index (χ1n) is 8.85. The summed E-state index contributed by atoms with van der Waals surface area (Å²) in [7, 11) is -1.64. The van der Waals surface area contributed by atoms with Crippen LogP contribution < -0.4 is 9.64 Å². The minimum absolute atomic E-state index is 0.00353. The van der Waals surface area contributed by atoms with Gasteiger partial charge in [-0.15, -0.1) is 0 Å². The van der Waals surface area contributed by atoms with Crippen molar-refractivity contribution in [2.75, 3.05) is 17.8 Å². The van der Waals surface area contributed by atoms with Crippen LogP contribution in [0, 0.1) is 5.92 Å². The van der Waals surface area contributed by atoms with Gasteiger partial charge in [-0.25, -0.2) is 8.42 Å². The predicted octanol–water partition coefficient (Wildman–Crippen LogP) is 3.31. The van der Waals surface area contributed by atoms with Crippen LogP contribution in [0.3, 0.4) is 0 Å². The van der Waals surface area contributed by atoms with E-state index in [2.05, 4.69) is 0 Å². The maximum Gasteiger partial charge on any atom is 0.227 e. The summed E-state index contributed by atoms with van der Waals surface area (Å²) in [6, 6.07) is 6.79. The van der Waals surface area contributed by atoms with Crippen molar-refractivity contribution in [3.05, 3.63) is 35.7 Å². The molecule has 1 aliphatic heterocycles. The molecule has 2 aliphatic rings. The maximum absolute atomic E-state index is 13.0. The van der Waals surface area contributed by atoms with Crippen LogP contribution in [0.25, 0.3) is 0 Å². The van der Waals surface area contributed by atoms with E-state index < -0.39 is 15.9 Å². The van der Waals surface area contributed by atoms with Gasteiger partial charge in [-0.3, -0.25) is 4.79 Å². The van der Waals surface area contributed by atoms with Gasteiger partial charge in [-0.2, -0.15) is 0 Å². The fraction of sp³-hybridized carbons (Fsp3) is 0.526. The number of nitrogens with zero attached hydrogens (tertiary/aromatic N) is 1. The summed E-state index contributed by atoms with van der Waals surface area (Å²) >= 11 is 0. The van der Waals surface area contributed by atoms with Crippen molar-refractivity contribution in [1.29, 1.82) is 0 Å². The molecule has 1 aromatic rings. The summed E-state index contributed by atoms with van der Waals surface area (Å²) in [6.45, 7) is 0. The number of rotatable bonds is 5. The average Bonchev–Trinajstić information content (AvgIpc) is 2.96. The molecule has 1 amide bonds. The van der Waals surface area contributed by atoms with Crippen molar-refractivity contribution in [3.8, 4) is 5.75 Å². The van der Waals surface area contributed by atoms with E-state index in [1.54, 1.807) is 30.2 Å². The zero-order valence-corrected chi connectivity index (χ0v) is 15.4. The first-order valence-corrected chi connectivity index (χ1v) is 10.6. The number of hydrogen-bond acceptors (Lipinski definition) is 4. The second-order valence-corrected chi connectivity index (χ2v) is 8.83. The fourth-order valence-corrected chi connectivity index (χ4v) is 4.99. The predicted molar refractivity (Wildman–Crippen MR) is 98.4 cm³/mol. The SMILES string of the molecule is COc1ccc(N(C(=O)CC2CCCCC2)[C@H]2C=CS(=O)(=O)C2)cc1. The van der Waals surface area contributed by atoms with E-state index in [0.717, 1.165) is 12.8 Å². The Kier molecular flexibility index (Phi) is 5.47. The van der Waals surface area contributed by atoms with Crippen LogP contribution in [0.15, 0.2) is 35.7 Å². The lowest BCUT2D eigenvalue weighted by Crippen LogP contribution is -2.42. The summed E-state index contributed by atoms with van der Waals surface area (Å²) in [5, 5.41) is 1.22. The third-order valence-electron chi connectivity index (χ3n) is 5.05. The van der Waals surface area contributed by atoms with Crippen molar-refractivity contribution in [2.24, 2.45) is 5.92 Å². The van der Waals surface area contributed by atoms with E-state index in [9.17, 15) is 13.2 Å². The zero-order valence-electron chi connectivity index (χ0n) is 14.6. The zero-order chi connectivity index (χ0) is 17.9. The van der Waals surface area contributed by atoms with Gasteiger partial charge in [0.05, 0.1) is 18.9 Å². The Morgan fingerprint density at radius 1 is 1.16 bits per heavy atom. The van der Waals surface area contributed by atoms with E-state index in [1.165, 1.54) is 24.7 Å². The monoisotopic (exact) mass is 363 g/mol. The van der Waals surface area contributed by atoms with Gasteiger partial charge >= 0.3 is 0 Å². The summed E-state index contributed by atoms with van der Waals surface area (Å²) in [5.41, 5.74) is 0.716. The van der Waals surface area contributed by atoms with Crippen LogP contribution in [0.2, 0.25) is 0 Å². The number of carbonyl (C=O) groups excluding carboxylic acids is 1. The number of benzene rings is 1. The molecular formula is C19H25NO4S. The molecule has 1 heterocycles. The molecule has 1 saturated carbocycles. The molecule has 1 aliphatic carbocycles. The van der Waals surface area contributed by atoms with Crippen LogP contribution >= 0.6 is 0 Å². The Hall–Kier alpha value is -1.82. The molecule has 0 aromatic heterocycles. The van der Waals surface area contributed by atoms with Gasteiger partial charge < -0.3 is 9.64 Å². The number of hydrogen-bond donors (Lipinski definition) is 0. The van der Waals surface area contributed by atoms with E-state index in [4.69, 9.17) is 4.74 Å². The fourth-order valence-electron chi connectivity index (χ4n) is 3.72. The molecular weight excluding hydrogens is 338 g/mol. The Morgan fingerprint density at radius 2 is 1.84 bits per heavy atom. The highest BCUT2D eigenvalue weighted by Crippen LogP contribution is 2.30. The van der Waals surface area contributed by atoms with Crippen LogP contribution in [-0.4, -0.2) is 33.2 Å². The Labute approximate surface area is 149 Å².